The molecule has 2 heterocycles. The molecule has 6 N–H and O–H groups in total. The maximum atomic E-state index is 12.8. The third kappa shape index (κ3) is 4.86. The second-order valence-corrected chi connectivity index (χ2v) is 8.99. The highest BCUT2D eigenvalue weighted by molar-refractivity contribution is 5.88. The number of ether oxygens (including phenoxy) is 3. The third-order valence-electron chi connectivity index (χ3n) is 5.92. The summed E-state index contributed by atoms with van der Waals surface area (Å²) in [5.74, 6) is -4.04. The summed E-state index contributed by atoms with van der Waals surface area (Å²) in [5.41, 5.74) is -1.14. The van der Waals surface area contributed by atoms with E-state index in [-0.39, 0.29) is 28.0 Å². The molecule has 0 aliphatic carbocycles. The largest absolute Gasteiger partial charge is 0.507 e. The van der Waals surface area contributed by atoms with Crippen molar-refractivity contribution in [2.75, 3.05) is 0 Å². The number of phenols is 3. The van der Waals surface area contributed by atoms with Crippen LogP contribution in [0, 0.1) is 5.92 Å². The molecule has 2 aromatic carbocycles. The van der Waals surface area contributed by atoms with E-state index in [4.69, 9.17) is 18.6 Å². The van der Waals surface area contributed by atoms with Gasteiger partial charge in [0.25, 0.3) is 0 Å². The standard InChI is InChI=1S/C25H26O12/c1-9(2)24(33)37-23-18(29)10(3)34-25(21(23)32)35-12-7-15(28)17-16(8-12)36-22(20(31)19(17)30)11-4-5-13(26)14(27)6-11/h4-10,18,21,23,25-29,31-32H,1-3H3. The summed E-state index contributed by atoms with van der Waals surface area (Å²) in [7, 11) is 0. The fraction of sp³-hybridized carbons (Fsp3) is 0.360. The number of hydrogen-bond acceptors (Lipinski definition) is 12. The molecule has 5 atom stereocenters. The van der Waals surface area contributed by atoms with Gasteiger partial charge in [0.05, 0.1) is 12.0 Å². The summed E-state index contributed by atoms with van der Waals surface area (Å²) in [6, 6.07) is 5.71. The lowest BCUT2D eigenvalue weighted by molar-refractivity contribution is -0.273. The van der Waals surface area contributed by atoms with Gasteiger partial charge in [0.2, 0.25) is 17.5 Å². The van der Waals surface area contributed by atoms with Crippen molar-refractivity contribution in [1.29, 1.82) is 0 Å². The van der Waals surface area contributed by atoms with Crippen LogP contribution in [-0.2, 0) is 14.3 Å². The molecule has 0 amide bonds. The number of esters is 1. The molecule has 0 spiro atoms. The zero-order valence-corrected chi connectivity index (χ0v) is 20.0. The van der Waals surface area contributed by atoms with Crippen LogP contribution in [0.1, 0.15) is 20.8 Å². The monoisotopic (exact) mass is 518 g/mol. The number of phenolic OH excluding ortho intramolecular Hbond substituents is 3. The minimum atomic E-state index is -1.62. The Kier molecular flexibility index (Phi) is 6.91. The molecule has 3 aromatic rings. The zero-order valence-electron chi connectivity index (χ0n) is 20.0. The lowest BCUT2D eigenvalue weighted by Crippen LogP contribution is -2.59. The van der Waals surface area contributed by atoms with Crippen LogP contribution in [-0.4, -0.2) is 67.3 Å². The number of benzene rings is 2. The van der Waals surface area contributed by atoms with Gasteiger partial charge in [0.15, 0.2) is 29.5 Å². The van der Waals surface area contributed by atoms with E-state index >= 15 is 0 Å². The van der Waals surface area contributed by atoms with Gasteiger partial charge < -0.3 is 49.3 Å². The van der Waals surface area contributed by atoms with E-state index in [0.717, 1.165) is 18.2 Å². The van der Waals surface area contributed by atoms with Crippen molar-refractivity contribution in [3.8, 4) is 40.1 Å². The Bertz CT molecular complexity index is 1390. The SMILES string of the molecule is CC(C)C(=O)OC1C(O)C(C)OC(Oc2cc(O)c3c(=O)c(O)c(-c4ccc(O)c(O)c4)oc3c2)C1O. The van der Waals surface area contributed by atoms with Crippen molar-refractivity contribution in [2.24, 2.45) is 5.92 Å². The van der Waals surface area contributed by atoms with Gasteiger partial charge in [-0.3, -0.25) is 9.59 Å². The summed E-state index contributed by atoms with van der Waals surface area (Å²) < 4.78 is 22.1. The van der Waals surface area contributed by atoms with Crippen molar-refractivity contribution in [2.45, 2.75) is 51.5 Å². The first-order valence-electron chi connectivity index (χ1n) is 11.3. The topological polar surface area (TPSA) is 196 Å². The minimum absolute atomic E-state index is 0.0567. The minimum Gasteiger partial charge on any atom is -0.507 e. The Balaban J connectivity index is 1.71. The van der Waals surface area contributed by atoms with Crippen molar-refractivity contribution in [3.05, 3.63) is 40.6 Å². The Labute approximate surface area is 209 Å². The Morgan fingerprint density at radius 2 is 1.68 bits per heavy atom. The molecule has 37 heavy (non-hydrogen) atoms. The zero-order chi connectivity index (χ0) is 27.2. The molecule has 198 valence electrons. The molecule has 1 aromatic heterocycles. The van der Waals surface area contributed by atoms with Gasteiger partial charge >= 0.3 is 5.97 Å². The third-order valence-corrected chi connectivity index (χ3v) is 5.92. The fourth-order valence-corrected chi connectivity index (χ4v) is 3.83. The maximum Gasteiger partial charge on any atom is 0.308 e. The van der Waals surface area contributed by atoms with Crippen LogP contribution in [0.3, 0.4) is 0 Å². The highest BCUT2D eigenvalue weighted by Gasteiger charge is 2.46. The Morgan fingerprint density at radius 3 is 2.32 bits per heavy atom. The number of carbonyl (C=O) groups excluding carboxylic acids is 1. The molecule has 1 aliphatic heterocycles. The normalized spacial score (nSPS) is 23.8. The summed E-state index contributed by atoms with van der Waals surface area (Å²) >= 11 is 0. The van der Waals surface area contributed by atoms with Crippen molar-refractivity contribution < 1.29 is 54.1 Å². The highest BCUT2D eigenvalue weighted by Crippen LogP contribution is 2.38. The summed E-state index contributed by atoms with van der Waals surface area (Å²) in [6.45, 7) is 4.67. The predicted octanol–water partition coefficient (Wildman–Crippen LogP) is 1.70. The molecule has 5 unspecified atom stereocenters. The molecule has 0 radical (unpaired) electrons. The second kappa shape index (κ2) is 9.81. The highest BCUT2D eigenvalue weighted by atomic mass is 16.7. The molecule has 1 aliphatic rings. The maximum absolute atomic E-state index is 12.8. The van der Waals surface area contributed by atoms with Crippen molar-refractivity contribution in [3.63, 3.8) is 0 Å². The smallest absolute Gasteiger partial charge is 0.308 e. The Hall–Kier alpha value is -4.00. The van der Waals surface area contributed by atoms with E-state index in [2.05, 4.69) is 0 Å². The van der Waals surface area contributed by atoms with Gasteiger partial charge in [-0.2, -0.15) is 0 Å². The summed E-state index contributed by atoms with van der Waals surface area (Å²) in [5, 5.41) is 60.9. The number of rotatable bonds is 5. The number of aliphatic hydroxyl groups excluding tert-OH is 2. The van der Waals surface area contributed by atoms with E-state index in [9.17, 15) is 40.2 Å². The molecular formula is C25H26O12. The number of aliphatic hydroxyl groups is 2. The Morgan fingerprint density at radius 1 is 0.973 bits per heavy atom. The molecule has 1 fully saturated rings. The van der Waals surface area contributed by atoms with E-state index in [1.165, 1.54) is 19.1 Å². The van der Waals surface area contributed by atoms with Crippen LogP contribution in [0.4, 0.5) is 0 Å². The fourth-order valence-electron chi connectivity index (χ4n) is 3.83. The molecule has 12 nitrogen and oxygen atoms in total. The lowest BCUT2D eigenvalue weighted by Gasteiger charge is -2.40. The molecule has 1 saturated heterocycles. The van der Waals surface area contributed by atoms with Crippen LogP contribution >= 0.6 is 0 Å². The van der Waals surface area contributed by atoms with E-state index < -0.39 is 71.0 Å². The number of fused-ring (bicyclic) bond motifs is 1. The van der Waals surface area contributed by atoms with Crippen LogP contribution < -0.4 is 10.2 Å². The van der Waals surface area contributed by atoms with Crippen LogP contribution in [0.25, 0.3) is 22.3 Å². The van der Waals surface area contributed by atoms with Gasteiger partial charge in [-0.05, 0) is 25.1 Å². The first-order valence-corrected chi connectivity index (χ1v) is 11.3. The van der Waals surface area contributed by atoms with E-state index in [1.807, 2.05) is 0 Å². The molecule has 0 saturated carbocycles. The van der Waals surface area contributed by atoms with Gasteiger partial charge in [0, 0.05) is 17.7 Å². The van der Waals surface area contributed by atoms with Crippen LogP contribution in [0.5, 0.6) is 28.7 Å². The van der Waals surface area contributed by atoms with E-state index in [1.54, 1.807) is 13.8 Å². The first kappa shape index (κ1) is 26.1. The molecule has 12 heteroatoms. The quantitative estimate of drug-likeness (QED) is 0.211. The first-order chi connectivity index (χ1) is 17.4. The van der Waals surface area contributed by atoms with Gasteiger partial charge in [-0.15, -0.1) is 0 Å². The molecular weight excluding hydrogens is 492 g/mol. The van der Waals surface area contributed by atoms with Crippen molar-refractivity contribution in [1.82, 2.24) is 0 Å². The molecule has 0 bridgehead atoms. The summed E-state index contributed by atoms with van der Waals surface area (Å²) in [4.78, 5) is 24.8. The van der Waals surface area contributed by atoms with Crippen LogP contribution in [0.15, 0.2) is 39.5 Å². The number of hydrogen-bond donors (Lipinski definition) is 6. The van der Waals surface area contributed by atoms with E-state index in [0.29, 0.717) is 0 Å². The lowest BCUT2D eigenvalue weighted by atomic mass is 9.99. The molecule has 4 rings (SSSR count). The average molecular weight is 518 g/mol. The number of aromatic hydroxyl groups is 4. The van der Waals surface area contributed by atoms with Crippen molar-refractivity contribution >= 4 is 16.9 Å². The number of carbonyl (C=O) groups is 1. The average Bonchev–Trinajstić information content (AvgIpc) is 2.83. The van der Waals surface area contributed by atoms with Gasteiger partial charge in [-0.1, -0.05) is 13.8 Å². The van der Waals surface area contributed by atoms with Gasteiger partial charge in [-0.25, -0.2) is 0 Å². The van der Waals surface area contributed by atoms with Gasteiger partial charge in [0.1, 0.15) is 28.6 Å². The summed E-state index contributed by atoms with van der Waals surface area (Å²) in [6.07, 6.45) is -6.67. The van der Waals surface area contributed by atoms with Crippen LogP contribution in [0.2, 0.25) is 0 Å². The predicted molar refractivity (Wildman–Crippen MR) is 126 cm³/mol. The second-order valence-electron chi connectivity index (χ2n) is 8.99.